The lowest BCUT2D eigenvalue weighted by atomic mass is 10.2. The molecule has 6 heteroatoms. The highest BCUT2D eigenvalue weighted by molar-refractivity contribution is 7.99. The zero-order valence-electron chi connectivity index (χ0n) is 14.2. The van der Waals surface area contributed by atoms with Gasteiger partial charge >= 0.3 is 0 Å². The molecule has 3 rings (SSSR count). The number of nitrogens with zero attached hydrogens (tertiary/aromatic N) is 4. The van der Waals surface area contributed by atoms with Crippen molar-refractivity contribution in [3.05, 3.63) is 34.9 Å². The van der Waals surface area contributed by atoms with Gasteiger partial charge in [0.1, 0.15) is 0 Å². The van der Waals surface area contributed by atoms with Gasteiger partial charge in [0.05, 0.1) is 5.69 Å². The minimum Gasteiger partial charge on any atom is -0.296 e. The molecule has 1 atom stereocenters. The quantitative estimate of drug-likeness (QED) is 0.623. The van der Waals surface area contributed by atoms with Crippen molar-refractivity contribution in [1.82, 2.24) is 25.1 Å². The summed E-state index contributed by atoms with van der Waals surface area (Å²) >= 11 is 1.74. The minimum atomic E-state index is 0.560. The first-order chi connectivity index (χ1) is 11.2. The van der Waals surface area contributed by atoms with Crippen LogP contribution in [0.3, 0.4) is 0 Å². The largest absolute Gasteiger partial charge is 0.296 e. The molecule has 0 saturated carbocycles. The van der Waals surface area contributed by atoms with Crippen molar-refractivity contribution < 1.29 is 0 Å². The Kier molecular flexibility index (Phi) is 5.33. The molecule has 0 bridgehead atoms. The van der Waals surface area contributed by atoms with Crippen molar-refractivity contribution in [2.45, 2.75) is 63.0 Å². The number of H-pyrrole nitrogens is 1. The summed E-state index contributed by atoms with van der Waals surface area (Å²) in [5, 5.41) is 9.09. The highest BCUT2D eigenvalue weighted by Crippen LogP contribution is 2.24. The van der Waals surface area contributed by atoms with Crippen molar-refractivity contribution in [2.24, 2.45) is 0 Å². The van der Waals surface area contributed by atoms with Gasteiger partial charge in [0, 0.05) is 42.0 Å². The molecule has 1 aliphatic rings. The maximum absolute atomic E-state index is 4.48. The second kappa shape index (κ2) is 7.45. The number of hydrogen-bond acceptors (Lipinski definition) is 5. The lowest BCUT2D eigenvalue weighted by Crippen LogP contribution is -2.18. The third kappa shape index (κ3) is 4.12. The predicted octanol–water partition coefficient (Wildman–Crippen LogP) is 3.21. The molecule has 0 amide bonds. The predicted molar refractivity (Wildman–Crippen MR) is 93.4 cm³/mol. The van der Waals surface area contributed by atoms with Crippen LogP contribution in [-0.2, 0) is 25.9 Å². The Morgan fingerprint density at radius 1 is 1.26 bits per heavy atom. The Labute approximate surface area is 142 Å². The lowest BCUT2D eigenvalue weighted by molar-refractivity contribution is 0.313. The molecule has 1 N–H and O–H groups in total. The van der Waals surface area contributed by atoms with Crippen LogP contribution in [0.1, 0.15) is 49.2 Å². The van der Waals surface area contributed by atoms with Gasteiger partial charge in [-0.15, -0.1) is 0 Å². The van der Waals surface area contributed by atoms with E-state index in [1.54, 1.807) is 11.8 Å². The van der Waals surface area contributed by atoms with Gasteiger partial charge in [-0.2, -0.15) is 5.10 Å². The molecule has 0 unspecified atom stereocenters. The van der Waals surface area contributed by atoms with Crippen molar-refractivity contribution in [1.29, 1.82) is 0 Å². The second-order valence-corrected chi connectivity index (χ2v) is 7.77. The highest BCUT2D eigenvalue weighted by Gasteiger charge is 2.19. The fourth-order valence-electron chi connectivity index (χ4n) is 2.89. The van der Waals surface area contributed by atoms with Gasteiger partial charge in [-0.05, 0) is 38.3 Å². The molecule has 2 aromatic heterocycles. The number of aryl methyl sites for hydroxylation is 1. The summed E-state index contributed by atoms with van der Waals surface area (Å²) in [6.45, 7) is 6.11. The Hall–Kier alpha value is -1.40. The second-order valence-electron chi connectivity index (χ2n) is 6.36. The van der Waals surface area contributed by atoms with Gasteiger partial charge in [-0.3, -0.25) is 10.00 Å². The van der Waals surface area contributed by atoms with E-state index in [9.17, 15) is 0 Å². The van der Waals surface area contributed by atoms with Crippen LogP contribution in [0.15, 0.2) is 17.6 Å². The standard InChI is InChI=1S/C17H25N5S/c1-4-12(2)23-17-18-8-13(9-19-17)10-22(3)11-16-14-6-5-7-15(14)20-21-16/h8-9,12H,4-7,10-11H2,1-3H3,(H,20,21)/t12-/m0/s1. The molecule has 0 fully saturated rings. The topological polar surface area (TPSA) is 57.7 Å². The zero-order chi connectivity index (χ0) is 16.2. The molecule has 0 aromatic carbocycles. The van der Waals surface area contributed by atoms with Gasteiger partial charge in [0.25, 0.3) is 0 Å². The van der Waals surface area contributed by atoms with Crippen LogP contribution in [0.2, 0.25) is 0 Å². The normalized spacial score (nSPS) is 15.1. The number of rotatable bonds is 7. The van der Waals surface area contributed by atoms with Crippen LogP contribution in [0, 0.1) is 0 Å². The SMILES string of the molecule is CC[C@H](C)Sc1ncc(CN(C)Cc2n[nH]c3c2CCC3)cn1. The third-order valence-corrected chi connectivity index (χ3v) is 5.48. The van der Waals surface area contributed by atoms with Crippen LogP contribution in [0.25, 0.3) is 0 Å². The molecular formula is C17H25N5S. The summed E-state index contributed by atoms with van der Waals surface area (Å²) in [5.41, 5.74) is 5.12. The van der Waals surface area contributed by atoms with Crippen LogP contribution >= 0.6 is 11.8 Å². The first-order valence-corrected chi connectivity index (χ1v) is 9.24. The molecule has 5 nitrogen and oxygen atoms in total. The number of aromatic nitrogens is 4. The van der Waals surface area contributed by atoms with E-state index in [-0.39, 0.29) is 0 Å². The van der Waals surface area contributed by atoms with E-state index in [0.29, 0.717) is 5.25 Å². The summed E-state index contributed by atoms with van der Waals surface area (Å²) in [6, 6.07) is 0. The van der Waals surface area contributed by atoms with Crippen LogP contribution in [0.4, 0.5) is 0 Å². The third-order valence-electron chi connectivity index (χ3n) is 4.33. The van der Waals surface area contributed by atoms with Crippen molar-refractivity contribution >= 4 is 11.8 Å². The van der Waals surface area contributed by atoms with Gasteiger partial charge in [-0.1, -0.05) is 25.6 Å². The number of fused-ring (bicyclic) bond motifs is 1. The molecule has 0 saturated heterocycles. The summed E-state index contributed by atoms with van der Waals surface area (Å²) in [4.78, 5) is 11.2. The minimum absolute atomic E-state index is 0.560. The van der Waals surface area contributed by atoms with Crippen LogP contribution in [-0.4, -0.2) is 37.4 Å². The molecule has 23 heavy (non-hydrogen) atoms. The Morgan fingerprint density at radius 3 is 2.78 bits per heavy atom. The molecule has 0 aliphatic heterocycles. The van der Waals surface area contributed by atoms with Crippen molar-refractivity contribution in [3.8, 4) is 0 Å². The van der Waals surface area contributed by atoms with E-state index in [1.165, 1.54) is 29.8 Å². The first-order valence-electron chi connectivity index (χ1n) is 8.36. The van der Waals surface area contributed by atoms with Gasteiger partial charge in [0.2, 0.25) is 0 Å². The smallest absolute Gasteiger partial charge is 0.187 e. The maximum atomic E-state index is 4.48. The summed E-state index contributed by atoms with van der Waals surface area (Å²) in [7, 11) is 2.12. The average Bonchev–Trinajstić information content (AvgIpc) is 3.14. The molecule has 124 valence electrons. The fraction of sp³-hybridized carbons (Fsp3) is 0.588. The number of nitrogens with one attached hydrogen (secondary N) is 1. The first kappa shape index (κ1) is 16.5. The molecule has 0 radical (unpaired) electrons. The zero-order valence-corrected chi connectivity index (χ0v) is 15.0. The van der Waals surface area contributed by atoms with Crippen LogP contribution < -0.4 is 0 Å². The molecule has 0 spiro atoms. The summed E-state index contributed by atoms with van der Waals surface area (Å²) < 4.78 is 0. The molecule has 2 aromatic rings. The maximum Gasteiger partial charge on any atom is 0.187 e. The van der Waals surface area contributed by atoms with E-state index in [2.05, 4.69) is 46.0 Å². The molecule has 1 aliphatic carbocycles. The highest BCUT2D eigenvalue weighted by atomic mass is 32.2. The summed E-state index contributed by atoms with van der Waals surface area (Å²) in [6.07, 6.45) is 8.59. The molecule has 2 heterocycles. The van der Waals surface area contributed by atoms with E-state index in [1.807, 2.05) is 12.4 Å². The number of thioether (sulfide) groups is 1. The Morgan fingerprint density at radius 2 is 2.04 bits per heavy atom. The van der Waals surface area contributed by atoms with E-state index in [0.717, 1.165) is 36.7 Å². The fourth-order valence-corrected chi connectivity index (χ4v) is 3.64. The Bertz CT molecular complexity index is 637. The van der Waals surface area contributed by atoms with Crippen LogP contribution in [0.5, 0.6) is 0 Å². The van der Waals surface area contributed by atoms with E-state index in [4.69, 9.17) is 0 Å². The molecular weight excluding hydrogens is 306 g/mol. The summed E-state index contributed by atoms with van der Waals surface area (Å²) in [5.74, 6) is 0. The van der Waals surface area contributed by atoms with Gasteiger partial charge < -0.3 is 0 Å². The van der Waals surface area contributed by atoms with E-state index < -0.39 is 0 Å². The number of aromatic amines is 1. The number of hydrogen-bond donors (Lipinski definition) is 1. The lowest BCUT2D eigenvalue weighted by Gasteiger charge is -2.16. The van der Waals surface area contributed by atoms with E-state index >= 15 is 0 Å². The van der Waals surface area contributed by atoms with Gasteiger partial charge in [0.15, 0.2) is 5.16 Å². The van der Waals surface area contributed by atoms with Crippen molar-refractivity contribution in [3.63, 3.8) is 0 Å². The van der Waals surface area contributed by atoms with Crippen molar-refractivity contribution in [2.75, 3.05) is 7.05 Å². The average molecular weight is 331 g/mol. The van der Waals surface area contributed by atoms with Gasteiger partial charge in [-0.25, -0.2) is 9.97 Å². The Balaban J connectivity index is 1.56. The monoisotopic (exact) mass is 331 g/mol.